The van der Waals surface area contributed by atoms with Crippen LogP contribution in [0.4, 0.5) is 5.13 Å². The summed E-state index contributed by atoms with van der Waals surface area (Å²) in [4.78, 5) is 26.8. The molecule has 1 aliphatic rings. The molecule has 0 aliphatic carbocycles. The molecule has 1 saturated heterocycles. The Balaban J connectivity index is 1.89. The van der Waals surface area contributed by atoms with Gasteiger partial charge in [-0.15, -0.1) is 10.2 Å². The predicted octanol–water partition coefficient (Wildman–Crippen LogP) is 2.34. The van der Waals surface area contributed by atoms with Gasteiger partial charge in [0, 0.05) is 31.5 Å². The zero-order valence-corrected chi connectivity index (χ0v) is 16.3. The third-order valence-electron chi connectivity index (χ3n) is 4.08. The number of anilines is 1. The van der Waals surface area contributed by atoms with E-state index in [1.165, 1.54) is 11.3 Å². The van der Waals surface area contributed by atoms with Crippen molar-refractivity contribution in [3.8, 4) is 0 Å². The lowest BCUT2D eigenvalue weighted by atomic mass is 9.91. The molecule has 8 heteroatoms. The number of amides is 2. The molecule has 0 saturated carbocycles. The van der Waals surface area contributed by atoms with Crippen molar-refractivity contribution in [1.29, 1.82) is 0 Å². The van der Waals surface area contributed by atoms with Gasteiger partial charge in [-0.3, -0.25) is 9.59 Å². The van der Waals surface area contributed by atoms with Gasteiger partial charge in [0.15, 0.2) is 0 Å². The van der Waals surface area contributed by atoms with E-state index in [-0.39, 0.29) is 17.7 Å². The van der Waals surface area contributed by atoms with E-state index in [1.807, 2.05) is 27.7 Å². The van der Waals surface area contributed by atoms with Crippen LogP contribution in [0.15, 0.2) is 0 Å². The largest absolute Gasteiger partial charge is 0.381 e. The SMILES string of the molecule is CCOCCc1nnc(NC(=O)[C@@H]2CCCN(C(=O)C(C)(C)C)C2)s1. The van der Waals surface area contributed by atoms with Crippen LogP contribution >= 0.6 is 11.3 Å². The van der Waals surface area contributed by atoms with Crippen LogP contribution in [0.25, 0.3) is 0 Å². The molecule has 0 bridgehead atoms. The standard InChI is InChI=1S/C17H28N4O3S/c1-5-24-10-8-13-19-20-16(25-13)18-14(22)12-7-6-9-21(11-12)15(23)17(2,3)4/h12H,5-11H2,1-4H3,(H,18,20,22)/t12-/m1/s1. The molecule has 0 radical (unpaired) electrons. The number of carbonyl (C=O) groups excluding carboxylic acids is 2. The van der Waals surface area contributed by atoms with Gasteiger partial charge < -0.3 is 15.0 Å². The van der Waals surface area contributed by atoms with E-state index in [0.29, 0.717) is 31.3 Å². The first kappa shape index (κ1) is 19.8. The van der Waals surface area contributed by atoms with Gasteiger partial charge in [-0.05, 0) is 19.8 Å². The topological polar surface area (TPSA) is 84.4 Å². The van der Waals surface area contributed by atoms with E-state index in [2.05, 4.69) is 15.5 Å². The Morgan fingerprint density at radius 1 is 1.36 bits per heavy atom. The van der Waals surface area contributed by atoms with Crippen molar-refractivity contribution in [2.75, 3.05) is 31.6 Å². The minimum Gasteiger partial charge on any atom is -0.381 e. The van der Waals surface area contributed by atoms with Crippen molar-refractivity contribution < 1.29 is 14.3 Å². The second-order valence-electron chi connectivity index (χ2n) is 7.28. The molecular weight excluding hydrogens is 340 g/mol. The number of nitrogens with one attached hydrogen (secondary N) is 1. The number of hydrogen-bond donors (Lipinski definition) is 1. The summed E-state index contributed by atoms with van der Waals surface area (Å²) >= 11 is 1.37. The molecule has 7 nitrogen and oxygen atoms in total. The highest BCUT2D eigenvalue weighted by Gasteiger charge is 2.33. The monoisotopic (exact) mass is 368 g/mol. The first-order valence-electron chi connectivity index (χ1n) is 8.81. The van der Waals surface area contributed by atoms with Crippen molar-refractivity contribution in [3.63, 3.8) is 0 Å². The predicted molar refractivity (Wildman–Crippen MR) is 97.5 cm³/mol. The molecule has 1 aliphatic heterocycles. The number of aromatic nitrogens is 2. The fourth-order valence-corrected chi connectivity index (χ4v) is 3.49. The van der Waals surface area contributed by atoms with E-state index in [1.54, 1.807) is 4.90 Å². The number of nitrogens with zero attached hydrogens (tertiary/aromatic N) is 3. The molecule has 1 aromatic heterocycles. The first-order valence-corrected chi connectivity index (χ1v) is 9.63. The second kappa shape index (κ2) is 8.71. The van der Waals surface area contributed by atoms with E-state index in [9.17, 15) is 9.59 Å². The Bertz CT molecular complexity index is 597. The molecule has 2 rings (SSSR count). The molecule has 25 heavy (non-hydrogen) atoms. The third-order valence-corrected chi connectivity index (χ3v) is 4.98. The molecule has 2 heterocycles. The molecule has 140 valence electrons. The summed E-state index contributed by atoms with van der Waals surface area (Å²) in [5, 5.41) is 12.3. The van der Waals surface area contributed by atoms with Gasteiger partial charge in [-0.1, -0.05) is 32.1 Å². The summed E-state index contributed by atoms with van der Waals surface area (Å²) in [5.74, 6) is -0.186. The van der Waals surface area contributed by atoms with Gasteiger partial charge in [0.05, 0.1) is 12.5 Å². The molecule has 0 spiro atoms. The molecule has 1 aromatic rings. The van der Waals surface area contributed by atoms with Crippen LogP contribution < -0.4 is 5.32 Å². The maximum absolute atomic E-state index is 12.5. The highest BCUT2D eigenvalue weighted by molar-refractivity contribution is 7.15. The Morgan fingerprint density at radius 3 is 2.80 bits per heavy atom. The van der Waals surface area contributed by atoms with Gasteiger partial charge in [-0.25, -0.2) is 0 Å². The van der Waals surface area contributed by atoms with Crippen LogP contribution in [0.2, 0.25) is 0 Å². The molecule has 0 aromatic carbocycles. The van der Waals surface area contributed by atoms with Gasteiger partial charge in [0.2, 0.25) is 16.9 Å². The Labute approximate surface area is 153 Å². The Hall–Kier alpha value is -1.54. The van der Waals surface area contributed by atoms with Gasteiger partial charge >= 0.3 is 0 Å². The number of piperidine rings is 1. The normalized spacial score (nSPS) is 18.2. The smallest absolute Gasteiger partial charge is 0.231 e. The minimum absolute atomic E-state index is 0.0843. The zero-order valence-electron chi connectivity index (χ0n) is 15.5. The fourth-order valence-electron chi connectivity index (χ4n) is 2.77. The Morgan fingerprint density at radius 2 is 2.12 bits per heavy atom. The fraction of sp³-hybridized carbons (Fsp3) is 0.765. The van der Waals surface area contributed by atoms with Crippen LogP contribution in [0.5, 0.6) is 0 Å². The van der Waals surface area contributed by atoms with Crippen molar-refractivity contribution in [2.24, 2.45) is 11.3 Å². The molecule has 1 fully saturated rings. The van der Waals surface area contributed by atoms with Crippen molar-refractivity contribution in [3.05, 3.63) is 5.01 Å². The number of carbonyl (C=O) groups is 2. The molecular formula is C17H28N4O3S. The van der Waals surface area contributed by atoms with Crippen LogP contribution in [-0.4, -0.2) is 53.2 Å². The van der Waals surface area contributed by atoms with Crippen molar-refractivity contribution in [2.45, 2.75) is 47.0 Å². The summed E-state index contributed by atoms with van der Waals surface area (Å²) in [6, 6.07) is 0. The number of likely N-dealkylation sites (tertiary alicyclic amines) is 1. The van der Waals surface area contributed by atoms with Crippen LogP contribution in [0.3, 0.4) is 0 Å². The summed E-state index contributed by atoms with van der Waals surface area (Å²) in [5.41, 5.74) is -0.424. The lowest BCUT2D eigenvalue weighted by molar-refractivity contribution is -0.142. The molecule has 1 atom stereocenters. The molecule has 2 amide bonds. The maximum Gasteiger partial charge on any atom is 0.231 e. The van der Waals surface area contributed by atoms with Crippen molar-refractivity contribution in [1.82, 2.24) is 15.1 Å². The summed E-state index contributed by atoms with van der Waals surface area (Å²) in [7, 11) is 0. The van der Waals surface area contributed by atoms with Crippen LogP contribution in [-0.2, 0) is 20.7 Å². The lowest BCUT2D eigenvalue weighted by Crippen LogP contribution is -2.47. The number of hydrogen-bond acceptors (Lipinski definition) is 6. The highest BCUT2D eigenvalue weighted by atomic mass is 32.1. The zero-order chi connectivity index (χ0) is 18.4. The average molecular weight is 369 g/mol. The number of ether oxygens (including phenoxy) is 1. The highest BCUT2D eigenvalue weighted by Crippen LogP contribution is 2.25. The minimum atomic E-state index is -0.424. The molecule has 0 unspecified atom stereocenters. The summed E-state index contributed by atoms with van der Waals surface area (Å²) < 4.78 is 5.30. The summed E-state index contributed by atoms with van der Waals surface area (Å²) in [6.45, 7) is 10.1. The first-order chi connectivity index (χ1) is 11.8. The molecule has 1 N–H and O–H groups in total. The van der Waals surface area contributed by atoms with E-state index in [0.717, 1.165) is 24.4 Å². The maximum atomic E-state index is 12.5. The average Bonchev–Trinajstić information content (AvgIpc) is 3.01. The van der Waals surface area contributed by atoms with E-state index < -0.39 is 5.41 Å². The number of rotatable bonds is 6. The van der Waals surface area contributed by atoms with E-state index in [4.69, 9.17) is 4.74 Å². The van der Waals surface area contributed by atoms with Gasteiger partial charge in [0.1, 0.15) is 5.01 Å². The Kier molecular flexibility index (Phi) is 6.89. The van der Waals surface area contributed by atoms with Crippen LogP contribution in [0, 0.1) is 11.3 Å². The summed E-state index contributed by atoms with van der Waals surface area (Å²) in [6.07, 6.45) is 2.32. The lowest BCUT2D eigenvalue weighted by Gasteiger charge is -2.35. The van der Waals surface area contributed by atoms with Gasteiger partial charge in [0.25, 0.3) is 0 Å². The van der Waals surface area contributed by atoms with Gasteiger partial charge in [-0.2, -0.15) is 0 Å². The van der Waals surface area contributed by atoms with E-state index >= 15 is 0 Å². The third kappa shape index (κ3) is 5.74. The van der Waals surface area contributed by atoms with Crippen LogP contribution in [0.1, 0.15) is 45.5 Å². The van der Waals surface area contributed by atoms with Crippen molar-refractivity contribution >= 4 is 28.3 Å². The quantitative estimate of drug-likeness (QED) is 0.779. The second-order valence-corrected chi connectivity index (χ2v) is 8.34.